The molecule has 0 aliphatic carbocycles. The average molecular weight is 428 g/mol. The summed E-state index contributed by atoms with van der Waals surface area (Å²) < 4.78 is 58.3. The molecule has 0 radical (unpaired) electrons. The van der Waals surface area contributed by atoms with E-state index in [1.165, 1.54) is 24.5 Å². The van der Waals surface area contributed by atoms with Crippen molar-refractivity contribution in [1.29, 1.82) is 0 Å². The number of sulfone groups is 1. The Balaban J connectivity index is 0.000000438. The zero-order chi connectivity index (χ0) is 21.4. The van der Waals surface area contributed by atoms with Gasteiger partial charge in [-0.15, -0.1) is 0 Å². The van der Waals surface area contributed by atoms with Gasteiger partial charge < -0.3 is 9.47 Å². The monoisotopic (exact) mass is 427 g/mol. The van der Waals surface area contributed by atoms with Gasteiger partial charge in [-0.2, -0.15) is 0 Å². The summed E-state index contributed by atoms with van der Waals surface area (Å²) in [6, 6.07) is 7.37. The number of nitrogens with zero attached hydrogens (tertiary/aromatic N) is 1. The molecule has 3 rings (SSSR count). The van der Waals surface area contributed by atoms with Gasteiger partial charge in [0, 0.05) is 36.2 Å². The third kappa shape index (κ3) is 7.70. The van der Waals surface area contributed by atoms with E-state index in [1.54, 1.807) is 19.1 Å². The standard InChI is InChI=1S/C18H19F2NO2.C3H8O2S/c1-12-6-7-22-10-13(12)11-23-15-3-4-16(17(20)8-15)18-5-2-14(19)9-21-18;1-3-6(2,4)5/h2-5,8-9,12-13H,6-7,10-11H2,1H3;3H2,1-2H3/t12?,13-;/m1./s1. The van der Waals surface area contributed by atoms with Crippen molar-refractivity contribution in [3.63, 3.8) is 0 Å². The van der Waals surface area contributed by atoms with Gasteiger partial charge in [0.2, 0.25) is 0 Å². The van der Waals surface area contributed by atoms with E-state index in [2.05, 4.69) is 11.9 Å². The maximum atomic E-state index is 14.2. The van der Waals surface area contributed by atoms with Crippen molar-refractivity contribution in [3.8, 4) is 17.0 Å². The lowest BCUT2D eigenvalue weighted by molar-refractivity contribution is 0.00345. The van der Waals surface area contributed by atoms with Crippen LogP contribution in [0.4, 0.5) is 8.78 Å². The molecule has 2 heterocycles. The van der Waals surface area contributed by atoms with Crippen molar-refractivity contribution in [3.05, 3.63) is 48.2 Å². The Morgan fingerprint density at radius 1 is 1.24 bits per heavy atom. The summed E-state index contributed by atoms with van der Waals surface area (Å²) >= 11 is 0. The van der Waals surface area contributed by atoms with Crippen molar-refractivity contribution in [2.24, 2.45) is 11.8 Å². The van der Waals surface area contributed by atoms with Crippen LogP contribution in [0.2, 0.25) is 0 Å². The Morgan fingerprint density at radius 3 is 2.52 bits per heavy atom. The van der Waals surface area contributed by atoms with Crippen molar-refractivity contribution < 1.29 is 26.7 Å². The smallest absolute Gasteiger partial charge is 0.147 e. The fourth-order valence-corrected chi connectivity index (χ4v) is 2.65. The first kappa shape index (κ1) is 23.2. The lowest BCUT2D eigenvalue weighted by Gasteiger charge is -2.28. The van der Waals surface area contributed by atoms with Gasteiger partial charge in [-0.25, -0.2) is 17.2 Å². The second-order valence-corrected chi connectivity index (χ2v) is 9.56. The SMILES string of the molecule is CC1CCOC[C@@H]1COc1ccc(-c2ccc(F)cn2)c(F)c1.CCS(C)(=O)=O. The second kappa shape index (κ2) is 10.6. The molecule has 1 aromatic carbocycles. The maximum Gasteiger partial charge on any atom is 0.147 e. The molecule has 1 saturated heterocycles. The fourth-order valence-electron chi connectivity index (χ4n) is 2.65. The number of rotatable bonds is 5. The van der Waals surface area contributed by atoms with Crippen LogP contribution in [0.25, 0.3) is 11.3 Å². The molecular formula is C21H27F2NO4S. The van der Waals surface area contributed by atoms with Crippen LogP contribution in [0.1, 0.15) is 20.3 Å². The highest BCUT2D eigenvalue weighted by molar-refractivity contribution is 7.90. The molecule has 1 aliphatic heterocycles. The van der Waals surface area contributed by atoms with E-state index < -0.39 is 21.5 Å². The first-order valence-electron chi connectivity index (χ1n) is 9.49. The van der Waals surface area contributed by atoms with Crippen molar-refractivity contribution >= 4 is 9.84 Å². The molecule has 160 valence electrons. The minimum atomic E-state index is -2.66. The molecule has 29 heavy (non-hydrogen) atoms. The zero-order valence-electron chi connectivity index (χ0n) is 16.9. The van der Waals surface area contributed by atoms with Crippen LogP contribution in [0.3, 0.4) is 0 Å². The van der Waals surface area contributed by atoms with Crippen LogP contribution in [-0.2, 0) is 14.6 Å². The predicted octanol–water partition coefficient (Wildman–Crippen LogP) is 4.13. The molecule has 1 unspecified atom stereocenters. The Kier molecular flexibility index (Phi) is 8.52. The molecule has 0 N–H and O–H groups in total. The lowest BCUT2D eigenvalue weighted by Crippen LogP contribution is -2.30. The van der Waals surface area contributed by atoms with Gasteiger partial charge in [-0.3, -0.25) is 4.98 Å². The van der Waals surface area contributed by atoms with Gasteiger partial charge in [0.05, 0.1) is 25.1 Å². The molecule has 1 aromatic heterocycles. The molecule has 1 fully saturated rings. The fraction of sp³-hybridized carbons (Fsp3) is 0.476. The van der Waals surface area contributed by atoms with Crippen molar-refractivity contribution in [2.45, 2.75) is 20.3 Å². The number of ether oxygens (including phenoxy) is 2. The molecule has 0 spiro atoms. The van der Waals surface area contributed by atoms with Gasteiger partial charge in [0.25, 0.3) is 0 Å². The molecule has 2 atom stereocenters. The van der Waals surface area contributed by atoms with Crippen molar-refractivity contribution in [1.82, 2.24) is 4.98 Å². The Hall–Kier alpha value is -2.06. The van der Waals surface area contributed by atoms with E-state index in [0.29, 0.717) is 42.1 Å². The summed E-state index contributed by atoms with van der Waals surface area (Å²) in [4.78, 5) is 3.90. The van der Waals surface area contributed by atoms with E-state index in [4.69, 9.17) is 9.47 Å². The Labute approximate surface area is 171 Å². The Morgan fingerprint density at radius 2 is 1.97 bits per heavy atom. The Bertz CT molecular complexity index is 888. The first-order valence-corrected chi connectivity index (χ1v) is 11.6. The summed E-state index contributed by atoms with van der Waals surface area (Å²) in [6.45, 7) is 5.79. The molecule has 8 heteroatoms. The summed E-state index contributed by atoms with van der Waals surface area (Å²) in [5.74, 6) is 0.702. The lowest BCUT2D eigenvalue weighted by atomic mass is 9.91. The number of benzene rings is 1. The molecule has 2 aromatic rings. The molecule has 0 amide bonds. The molecule has 0 saturated carbocycles. The number of aromatic nitrogens is 1. The maximum absolute atomic E-state index is 14.2. The highest BCUT2D eigenvalue weighted by Gasteiger charge is 2.22. The van der Waals surface area contributed by atoms with E-state index in [1.807, 2.05) is 0 Å². The topological polar surface area (TPSA) is 65.5 Å². The zero-order valence-corrected chi connectivity index (χ0v) is 17.7. The van der Waals surface area contributed by atoms with E-state index >= 15 is 0 Å². The van der Waals surface area contributed by atoms with Gasteiger partial charge in [0.1, 0.15) is 27.2 Å². The minimum Gasteiger partial charge on any atom is -0.493 e. The summed E-state index contributed by atoms with van der Waals surface area (Å²) in [5, 5.41) is 0. The third-order valence-electron chi connectivity index (χ3n) is 4.79. The van der Waals surface area contributed by atoms with E-state index in [-0.39, 0.29) is 5.75 Å². The quantitative estimate of drug-likeness (QED) is 0.718. The van der Waals surface area contributed by atoms with Crippen molar-refractivity contribution in [2.75, 3.05) is 31.8 Å². The van der Waals surface area contributed by atoms with Gasteiger partial charge >= 0.3 is 0 Å². The van der Waals surface area contributed by atoms with Gasteiger partial charge in [-0.05, 0) is 36.6 Å². The van der Waals surface area contributed by atoms with Crippen LogP contribution in [-0.4, -0.2) is 45.2 Å². The van der Waals surface area contributed by atoms with Crippen LogP contribution in [0.5, 0.6) is 5.75 Å². The summed E-state index contributed by atoms with van der Waals surface area (Å²) in [6.07, 6.45) is 3.31. The van der Waals surface area contributed by atoms with Crippen LogP contribution in [0.15, 0.2) is 36.5 Å². The highest BCUT2D eigenvalue weighted by Crippen LogP contribution is 2.27. The normalized spacial score (nSPS) is 19.2. The number of halogens is 2. The van der Waals surface area contributed by atoms with E-state index in [0.717, 1.165) is 19.2 Å². The molecule has 1 aliphatic rings. The number of hydrogen-bond acceptors (Lipinski definition) is 5. The number of hydrogen-bond donors (Lipinski definition) is 0. The second-order valence-electron chi connectivity index (χ2n) is 7.13. The minimum absolute atomic E-state index is 0.243. The van der Waals surface area contributed by atoms with E-state index in [9.17, 15) is 17.2 Å². The molecule has 5 nitrogen and oxygen atoms in total. The number of pyridine rings is 1. The van der Waals surface area contributed by atoms with Crippen LogP contribution in [0, 0.1) is 23.5 Å². The molecular weight excluding hydrogens is 400 g/mol. The predicted molar refractivity (Wildman–Crippen MR) is 109 cm³/mol. The average Bonchev–Trinajstić information content (AvgIpc) is 2.68. The summed E-state index contributed by atoms with van der Waals surface area (Å²) in [5.41, 5.74) is 0.719. The summed E-state index contributed by atoms with van der Waals surface area (Å²) in [7, 11) is -2.66. The highest BCUT2D eigenvalue weighted by atomic mass is 32.2. The van der Waals surface area contributed by atoms with Gasteiger partial charge in [0.15, 0.2) is 0 Å². The van der Waals surface area contributed by atoms with Crippen LogP contribution >= 0.6 is 0 Å². The van der Waals surface area contributed by atoms with Gasteiger partial charge in [-0.1, -0.05) is 13.8 Å². The largest absolute Gasteiger partial charge is 0.493 e. The van der Waals surface area contributed by atoms with Crippen LogP contribution < -0.4 is 4.74 Å². The first-order chi connectivity index (χ1) is 13.7. The third-order valence-corrected chi connectivity index (χ3v) is 5.84. The molecule has 0 bridgehead atoms.